The third kappa shape index (κ3) is 4.60. The Balaban J connectivity index is 3.09. The maximum absolute atomic E-state index is 11.3. The molecule has 2 unspecified atom stereocenters. The van der Waals surface area contributed by atoms with Gasteiger partial charge in [0.2, 0.25) is 5.91 Å². The summed E-state index contributed by atoms with van der Waals surface area (Å²) >= 11 is 3.42. The van der Waals surface area contributed by atoms with Gasteiger partial charge in [-0.2, -0.15) is 0 Å². The van der Waals surface area contributed by atoms with Crippen molar-refractivity contribution in [2.24, 2.45) is 11.5 Å². The zero-order chi connectivity index (χ0) is 14.6. The lowest BCUT2D eigenvalue weighted by molar-refractivity contribution is -0.120. The van der Waals surface area contributed by atoms with Gasteiger partial charge in [0.15, 0.2) is 0 Å². The first kappa shape index (κ1) is 16.1. The second-order valence-electron chi connectivity index (χ2n) is 5.09. The van der Waals surface area contributed by atoms with Crippen LogP contribution >= 0.6 is 15.9 Å². The summed E-state index contributed by atoms with van der Waals surface area (Å²) in [6, 6.07) is 8.07. The van der Waals surface area contributed by atoms with Gasteiger partial charge < -0.3 is 11.5 Å². The minimum Gasteiger partial charge on any atom is -0.369 e. The number of carbonyl (C=O) groups excluding carboxylic acids is 1. The van der Waals surface area contributed by atoms with Gasteiger partial charge in [0, 0.05) is 16.6 Å². The van der Waals surface area contributed by atoms with Crippen molar-refractivity contribution in [3.63, 3.8) is 0 Å². The molecular formula is C14H22BrN3O. The molecule has 0 saturated heterocycles. The van der Waals surface area contributed by atoms with Crippen LogP contribution in [0.1, 0.15) is 32.4 Å². The van der Waals surface area contributed by atoms with Gasteiger partial charge in [0.05, 0.1) is 12.6 Å². The fourth-order valence-electron chi connectivity index (χ4n) is 2.24. The number of halogens is 1. The fourth-order valence-corrected chi connectivity index (χ4v) is 2.50. The molecule has 0 aliphatic heterocycles. The molecule has 4 nitrogen and oxygen atoms in total. The normalized spacial score (nSPS) is 14.7. The Morgan fingerprint density at radius 3 is 2.16 bits per heavy atom. The number of amides is 1. The van der Waals surface area contributed by atoms with Crippen LogP contribution in [0.25, 0.3) is 0 Å². The first-order valence-electron chi connectivity index (χ1n) is 6.38. The molecule has 19 heavy (non-hydrogen) atoms. The largest absolute Gasteiger partial charge is 0.369 e. The van der Waals surface area contributed by atoms with Gasteiger partial charge in [-0.05, 0) is 38.5 Å². The molecule has 0 radical (unpaired) electrons. The molecule has 4 N–H and O–H groups in total. The van der Waals surface area contributed by atoms with E-state index in [1.807, 2.05) is 49.9 Å². The van der Waals surface area contributed by atoms with Gasteiger partial charge in [-0.3, -0.25) is 9.69 Å². The molecule has 0 heterocycles. The number of benzene rings is 1. The Hall–Kier alpha value is -0.910. The Morgan fingerprint density at radius 1 is 1.26 bits per heavy atom. The van der Waals surface area contributed by atoms with Crippen LogP contribution in [0.4, 0.5) is 0 Å². The lowest BCUT2D eigenvalue weighted by atomic mass is 9.98. The monoisotopic (exact) mass is 327 g/mol. The molecule has 1 aromatic rings. The van der Waals surface area contributed by atoms with Crippen molar-refractivity contribution in [1.29, 1.82) is 0 Å². The number of nitrogens with zero attached hydrogens (tertiary/aromatic N) is 1. The topological polar surface area (TPSA) is 72.3 Å². The lowest BCUT2D eigenvalue weighted by Crippen LogP contribution is -2.46. The third-order valence-corrected chi connectivity index (χ3v) is 3.60. The van der Waals surface area contributed by atoms with Crippen molar-refractivity contribution in [2.75, 3.05) is 6.54 Å². The van der Waals surface area contributed by atoms with Crippen LogP contribution in [-0.2, 0) is 4.79 Å². The Labute approximate surface area is 123 Å². The number of primary amides is 1. The van der Waals surface area contributed by atoms with Crippen LogP contribution in [0.3, 0.4) is 0 Å². The quantitative estimate of drug-likeness (QED) is 0.839. The third-order valence-electron chi connectivity index (χ3n) is 3.07. The van der Waals surface area contributed by atoms with Crippen molar-refractivity contribution in [1.82, 2.24) is 4.90 Å². The highest BCUT2D eigenvalue weighted by Gasteiger charge is 2.27. The van der Waals surface area contributed by atoms with E-state index in [4.69, 9.17) is 11.5 Å². The van der Waals surface area contributed by atoms with Crippen LogP contribution in [0.15, 0.2) is 28.7 Å². The summed E-state index contributed by atoms with van der Waals surface area (Å²) in [5.41, 5.74) is 12.5. The summed E-state index contributed by atoms with van der Waals surface area (Å²) in [7, 11) is 0. The molecule has 0 aromatic heterocycles. The summed E-state index contributed by atoms with van der Waals surface area (Å²) in [4.78, 5) is 13.3. The van der Waals surface area contributed by atoms with Crippen molar-refractivity contribution >= 4 is 21.8 Å². The van der Waals surface area contributed by atoms with Crippen LogP contribution in [-0.4, -0.2) is 29.4 Å². The molecule has 0 fully saturated rings. The zero-order valence-electron chi connectivity index (χ0n) is 11.6. The standard InChI is InChI=1S/C14H22BrN3O/c1-9(2)18(8-13(17)19)14(10(3)16)11-4-6-12(15)7-5-11/h4-7,9-10,14H,8,16H2,1-3H3,(H2,17,19). The molecule has 0 bridgehead atoms. The Morgan fingerprint density at radius 2 is 1.79 bits per heavy atom. The van der Waals surface area contributed by atoms with Crippen molar-refractivity contribution in [2.45, 2.75) is 38.9 Å². The smallest absolute Gasteiger partial charge is 0.231 e. The Kier molecular flexibility index (Phi) is 5.97. The molecule has 0 saturated carbocycles. The molecule has 1 amide bonds. The van der Waals surface area contributed by atoms with Crippen LogP contribution in [0.5, 0.6) is 0 Å². The second kappa shape index (κ2) is 7.03. The van der Waals surface area contributed by atoms with Crippen molar-refractivity contribution in [3.05, 3.63) is 34.3 Å². The lowest BCUT2D eigenvalue weighted by Gasteiger charge is -2.36. The van der Waals surface area contributed by atoms with E-state index in [1.165, 1.54) is 0 Å². The van der Waals surface area contributed by atoms with E-state index in [9.17, 15) is 4.79 Å². The summed E-state index contributed by atoms with van der Waals surface area (Å²) in [5, 5.41) is 0. The van der Waals surface area contributed by atoms with E-state index in [2.05, 4.69) is 15.9 Å². The van der Waals surface area contributed by atoms with E-state index in [-0.39, 0.29) is 30.6 Å². The molecule has 0 spiro atoms. The van der Waals surface area contributed by atoms with Gasteiger partial charge in [0.1, 0.15) is 0 Å². The van der Waals surface area contributed by atoms with E-state index in [1.54, 1.807) is 0 Å². The number of rotatable bonds is 6. The summed E-state index contributed by atoms with van der Waals surface area (Å²) in [5.74, 6) is -0.337. The number of nitrogens with two attached hydrogens (primary N) is 2. The van der Waals surface area contributed by atoms with Crippen LogP contribution in [0, 0.1) is 0 Å². The number of hydrogen-bond acceptors (Lipinski definition) is 3. The van der Waals surface area contributed by atoms with Gasteiger partial charge in [-0.25, -0.2) is 0 Å². The molecule has 1 aromatic carbocycles. The van der Waals surface area contributed by atoms with Gasteiger partial charge in [-0.1, -0.05) is 28.1 Å². The molecule has 2 atom stereocenters. The maximum atomic E-state index is 11.3. The zero-order valence-corrected chi connectivity index (χ0v) is 13.2. The highest BCUT2D eigenvalue weighted by atomic mass is 79.9. The van der Waals surface area contributed by atoms with Gasteiger partial charge in [0.25, 0.3) is 0 Å². The SMILES string of the molecule is CC(N)C(c1ccc(Br)cc1)N(CC(N)=O)C(C)C. The summed E-state index contributed by atoms with van der Waals surface area (Å²) < 4.78 is 1.02. The first-order chi connectivity index (χ1) is 8.82. The average Bonchev–Trinajstić information content (AvgIpc) is 2.29. The summed E-state index contributed by atoms with van der Waals surface area (Å²) in [6.45, 7) is 6.23. The summed E-state index contributed by atoms with van der Waals surface area (Å²) in [6.07, 6.45) is 0. The van der Waals surface area contributed by atoms with E-state index < -0.39 is 0 Å². The highest BCUT2D eigenvalue weighted by Crippen LogP contribution is 2.26. The minimum absolute atomic E-state index is 0.0272. The second-order valence-corrected chi connectivity index (χ2v) is 6.00. The van der Waals surface area contributed by atoms with Crippen molar-refractivity contribution in [3.8, 4) is 0 Å². The van der Waals surface area contributed by atoms with Gasteiger partial charge in [-0.15, -0.1) is 0 Å². The average molecular weight is 328 g/mol. The number of carbonyl (C=O) groups is 1. The first-order valence-corrected chi connectivity index (χ1v) is 7.17. The maximum Gasteiger partial charge on any atom is 0.231 e. The minimum atomic E-state index is -0.337. The Bertz CT molecular complexity index is 417. The molecule has 5 heteroatoms. The van der Waals surface area contributed by atoms with Crippen LogP contribution < -0.4 is 11.5 Å². The van der Waals surface area contributed by atoms with Crippen LogP contribution in [0.2, 0.25) is 0 Å². The molecule has 1 rings (SSSR count). The molecule has 106 valence electrons. The molecule has 0 aliphatic rings. The number of hydrogen-bond donors (Lipinski definition) is 2. The van der Waals surface area contributed by atoms with Gasteiger partial charge >= 0.3 is 0 Å². The van der Waals surface area contributed by atoms with Crippen molar-refractivity contribution < 1.29 is 4.79 Å². The molecular weight excluding hydrogens is 306 g/mol. The van der Waals surface area contributed by atoms with E-state index in [0.29, 0.717) is 0 Å². The molecule has 0 aliphatic carbocycles. The highest BCUT2D eigenvalue weighted by molar-refractivity contribution is 9.10. The van der Waals surface area contributed by atoms with E-state index in [0.717, 1.165) is 10.0 Å². The fraction of sp³-hybridized carbons (Fsp3) is 0.500. The predicted molar refractivity (Wildman–Crippen MR) is 81.6 cm³/mol. The van der Waals surface area contributed by atoms with E-state index >= 15 is 0 Å². The predicted octanol–water partition coefficient (Wildman–Crippen LogP) is 2.03.